The molecule has 3 aromatic heterocycles. The van der Waals surface area contributed by atoms with Crippen molar-refractivity contribution in [3.63, 3.8) is 0 Å². The van der Waals surface area contributed by atoms with E-state index in [9.17, 15) is 9.18 Å². The van der Waals surface area contributed by atoms with E-state index in [4.69, 9.17) is 28.9 Å². The predicted molar refractivity (Wildman–Crippen MR) is 110 cm³/mol. The maximum atomic E-state index is 14.0. The first-order valence-electron chi connectivity index (χ1n) is 8.76. The lowest BCUT2D eigenvalue weighted by atomic mass is 9.92. The van der Waals surface area contributed by atoms with Crippen LogP contribution in [-0.2, 0) is 11.3 Å². The summed E-state index contributed by atoms with van der Waals surface area (Å²) >= 11 is 12.5. The summed E-state index contributed by atoms with van der Waals surface area (Å²) in [5.74, 6) is -1.26. The third kappa shape index (κ3) is 3.59. The fourth-order valence-electron chi connectivity index (χ4n) is 3.39. The number of fused-ring (bicyclic) bond motifs is 1. The molecular formula is C20H16Cl2FN5O. The van der Waals surface area contributed by atoms with E-state index < -0.39 is 11.7 Å². The van der Waals surface area contributed by atoms with Gasteiger partial charge in [-0.15, -0.1) is 0 Å². The minimum Gasteiger partial charge on any atom is -0.368 e. The number of nitrogens with zero attached hydrogens (tertiary/aromatic N) is 3. The van der Waals surface area contributed by atoms with Crippen LogP contribution in [0.1, 0.15) is 24.0 Å². The molecule has 3 N–H and O–H groups in total. The molecule has 0 saturated heterocycles. The van der Waals surface area contributed by atoms with Crippen LogP contribution in [-0.4, -0.2) is 25.7 Å². The molecular weight excluding hydrogens is 416 g/mol. The number of halogens is 3. The van der Waals surface area contributed by atoms with Crippen molar-refractivity contribution < 1.29 is 9.18 Å². The molecule has 0 saturated carbocycles. The quantitative estimate of drug-likeness (QED) is 0.455. The third-order valence-corrected chi connectivity index (χ3v) is 5.54. The second-order valence-electron chi connectivity index (χ2n) is 6.74. The molecule has 29 heavy (non-hydrogen) atoms. The van der Waals surface area contributed by atoms with Gasteiger partial charge in [-0.3, -0.25) is 9.48 Å². The van der Waals surface area contributed by atoms with Crippen molar-refractivity contribution in [3.8, 4) is 11.1 Å². The molecule has 4 rings (SSSR count). The lowest BCUT2D eigenvalue weighted by Crippen LogP contribution is -2.18. The van der Waals surface area contributed by atoms with Crippen molar-refractivity contribution in [1.82, 2.24) is 19.7 Å². The van der Waals surface area contributed by atoms with Gasteiger partial charge in [0.25, 0.3) is 0 Å². The van der Waals surface area contributed by atoms with Crippen LogP contribution in [0.15, 0.2) is 43.0 Å². The van der Waals surface area contributed by atoms with Crippen LogP contribution in [0.5, 0.6) is 0 Å². The number of primary amides is 1. The molecule has 3 heterocycles. The van der Waals surface area contributed by atoms with Crippen molar-refractivity contribution >= 4 is 40.1 Å². The van der Waals surface area contributed by atoms with Gasteiger partial charge in [0.15, 0.2) is 0 Å². The van der Waals surface area contributed by atoms with Crippen molar-refractivity contribution in [2.75, 3.05) is 0 Å². The summed E-state index contributed by atoms with van der Waals surface area (Å²) in [6.07, 6.45) is 6.90. The number of H-pyrrole nitrogens is 1. The summed E-state index contributed by atoms with van der Waals surface area (Å²) in [5, 5.41) is 5.41. The predicted octanol–water partition coefficient (Wildman–Crippen LogP) is 4.51. The molecule has 1 unspecified atom stereocenters. The molecule has 1 amide bonds. The summed E-state index contributed by atoms with van der Waals surface area (Å²) in [4.78, 5) is 18.7. The van der Waals surface area contributed by atoms with E-state index in [1.54, 1.807) is 18.6 Å². The van der Waals surface area contributed by atoms with E-state index in [0.29, 0.717) is 16.2 Å². The number of hydrogen-bond acceptors (Lipinski definition) is 3. The zero-order valence-corrected chi connectivity index (χ0v) is 16.8. The molecule has 1 atom stereocenters. The zero-order chi connectivity index (χ0) is 20.7. The minimum atomic E-state index is -0.515. The van der Waals surface area contributed by atoms with Gasteiger partial charge in [-0.25, -0.2) is 9.37 Å². The average Bonchev–Trinajstić information content (AvgIpc) is 3.30. The van der Waals surface area contributed by atoms with E-state index in [-0.39, 0.29) is 17.5 Å². The standard InChI is InChI=1S/C20H16Cl2FN5O/c1-10(18-15(21)2-3-16(23)19(18)22)14-7-26-20-13(14)4-11(5-25-20)12-6-27-28(8-12)9-17(24)29/h2-8,10H,9H2,1H3,(H2,24,29)(H,25,26). The number of benzene rings is 1. The maximum Gasteiger partial charge on any atom is 0.239 e. The van der Waals surface area contributed by atoms with Crippen LogP contribution in [0.3, 0.4) is 0 Å². The SMILES string of the molecule is CC(c1c(Cl)ccc(F)c1Cl)c1c[nH]c2ncc(-c3cnn(CC(N)=O)c3)cc12. The van der Waals surface area contributed by atoms with Gasteiger partial charge in [-0.2, -0.15) is 5.10 Å². The van der Waals surface area contributed by atoms with Crippen molar-refractivity contribution in [1.29, 1.82) is 0 Å². The van der Waals surface area contributed by atoms with Crippen LogP contribution < -0.4 is 5.73 Å². The summed E-state index contributed by atoms with van der Waals surface area (Å²) in [6.45, 7) is 1.91. The van der Waals surface area contributed by atoms with Crippen LogP contribution in [0.25, 0.3) is 22.2 Å². The number of nitrogens with one attached hydrogen (secondary N) is 1. The number of nitrogens with two attached hydrogens (primary N) is 1. The number of amides is 1. The molecule has 0 bridgehead atoms. The van der Waals surface area contributed by atoms with Gasteiger partial charge in [0.05, 0.1) is 11.2 Å². The van der Waals surface area contributed by atoms with E-state index >= 15 is 0 Å². The first-order valence-corrected chi connectivity index (χ1v) is 9.52. The van der Waals surface area contributed by atoms with Gasteiger partial charge >= 0.3 is 0 Å². The highest BCUT2D eigenvalue weighted by Crippen LogP contribution is 2.39. The van der Waals surface area contributed by atoms with Crippen molar-refractivity contribution in [2.24, 2.45) is 5.73 Å². The fraction of sp³-hybridized carbons (Fsp3) is 0.150. The minimum absolute atomic E-state index is 0.00131. The van der Waals surface area contributed by atoms with Gasteiger partial charge in [0.2, 0.25) is 5.91 Å². The number of carbonyl (C=O) groups is 1. The monoisotopic (exact) mass is 431 g/mol. The molecule has 0 radical (unpaired) electrons. The van der Waals surface area contributed by atoms with Crippen molar-refractivity contribution in [3.05, 3.63) is 70.0 Å². The number of rotatable bonds is 5. The van der Waals surface area contributed by atoms with E-state index in [0.717, 1.165) is 22.1 Å². The topological polar surface area (TPSA) is 89.6 Å². The summed E-state index contributed by atoms with van der Waals surface area (Å²) in [5.41, 5.74) is 8.91. The molecule has 9 heteroatoms. The molecule has 0 aliphatic carbocycles. The maximum absolute atomic E-state index is 14.0. The highest BCUT2D eigenvalue weighted by molar-refractivity contribution is 6.36. The van der Waals surface area contributed by atoms with Gasteiger partial charge in [-0.05, 0) is 29.3 Å². The van der Waals surface area contributed by atoms with Crippen molar-refractivity contribution in [2.45, 2.75) is 19.4 Å². The summed E-state index contributed by atoms with van der Waals surface area (Å²) in [6, 6.07) is 4.71. The second-order valence-corrected chi connectivity index (χ2v) is 7.52. The van der Waals surface area contributed by atoms with E-state index in [2.05, 4.69) is 15.1 Å². The Morgan fingerprint density at radius 3 is 2.86 bits per heavy atom. The zero-order valence-electron chi connectivity index (χ0n) is 15.3. The van der Waals surface area contributed by atoms with E-state index in [1.807, 2.05) is 19.2 Å². The van der Waals surface area contributed by atoms with Crippen LogP contribution in [0.2, 0.25) is 10.0 Å². The fourth-order valence-corrected chi connectivity index (χ4v) is 4.09. The molecule has 0 spiro atoms. The number of hydrogen-bond donors (Lipinski definition) is 2. The molecule has 148 valence electrons. The molecule has 0 fully saturated rings. The highest BCUT2D eigenvalue weighted by Gasteiger charge is 2.21. The van der Waals surface area contributed by atoms with Gasteiger partial charge in [0.1, 0.15) is 18.0 Å². The lowest BCUT2D eigenvalue weighted by Gasteiger charge is -2.15. The summed E-state index contributed by atoms with van der Waals surface area (Å²) < 4.78 is 15.5. The average molecular weight is 432 g/mol. The molecule has 4 aromatic rings. The largest absolute Gasteiger partial charge is 0.368 e. The smallest absolute Gasteiger partial charge is 0.239 e. The Hall–Kier alpha value is -2.90. The van der Waals surface area contributed by atoms with Crippen LogP contribution in [0, 0.1) is 5.82 Å². The Morgan fingerprint density at radius 1 is 1.31 bits per heavy atom. The number of aromatic nitrogens is 4. The molecule has 6 nitrogen and oxygen atoms in total. The molecule has 1 aromatic carbocycles. The Kier molecular flexibility index (Phi) is 5.02. The summed E-state index contributed by atoms with van der Waals surface area (Å²) in [7, 11) is 0. The number of pyridine rings is 1. The van der Waals surface area contributed by atoms with Gasteiger partial charge in [-0.1, -0.05) is 30.1 Å². The molecule has 0 aliphatic heterocycles. The first-order chi connectivity index (χ1) is 13.8. The first kappa shape index (κ1) is 19.4. The van der Waals surface area contributed by atoms with Gasteiger partial charge < -0.3 is 10.7 Å². The Balaban J connectivity index is 1.77. The van der Waals surface area contributed by atoms with Crippen LogP contribution >= 0.6 is 23.2 Å². The Bertz CT molecular complexity index is 1230. The Morgan fingerprint density at radius 2 is 2.10 bits per heavy atom. The number of aromatic amines is 1. The van der Waals surface area contributed by atoms with Crippen LogP contribution in [0.4, 0.5) is 4.39 Å². The molecule has 0 aliphatic rings. The number of carbonyl (C=O) groups excluding carboxylic acids is 1. The lowest BCUT2D eigenvalue weighted by molar-refractivity contribution is -0.118. The highest BCUT2D eigenvalue weighted by atomic mass is 35.5. The third-order valence-electron chi connectivity index (χ3n) is 4.83. The van der Waals surface area contributed by atoms with Gasteiger partial charge in [0, 0.05) is 46.0 Å². The Labute approximate surface area is 175 Å². The normalized spacial score (nSPS) is 12.4. The van der Waals surface area contributed by atoms with E-state index in [1.165, 1.54) is 16.8 Å². The second kappa shape index (κ2) is 7.50.